The van der Waals surface area contributed by atoms with Crippen LogP contribution < -0.4 is 10.1 Å². The largest absolute Gasteiger partial charge is 0.489 e. The second-order valence-corrected chi connectivity index (χ2v) is 7.69. The van der Waals surface area contributed by atoms with E-state index in [1.807, 2.05) is 79.7 Å². The number of aromatic nitrogens is 2. The Kier molecular flexibility index (Phi) is 5.55. The number of nitrogens with zero attached hydrogens (tertiary/aromatic N) is 2. The van der Waals surface area contributed by atoms with Crippen LogP contribution in [0.5, 0.6) is 5.75 Å². The number of benzene rings is 3. The molecule has 0 fully saturated rings. The fourth-order valence-electron chi connectivity index (χ4n) is 2.64. The molecule has 0 saturated heterocycles. The summed E-state index contributed by atoms with van der Waals surface area (Å²) >= 11 is 7.67. The average molecular weight is 408 g/mol. The lowest BCUT2D eigenvalue weighted by molar-refractivity contribution is 0.306. The third kappa shape index (κ3) is 4.50. The Morgan fingerprint density at radius 2 is 1.82 bits per heavy atom. The van der Waals surface area contributed by atoms with Gasteiger partial charge in [0.15, 0.2) is 0 Å². The van der Waals surface area contributed by atoms with Crippen LogP contribution >= 0.6 is 22.9 Å². The van der Waals surface area contributed by atoms with Crippen molar-refractivity contribution in [2.24, 2.45) is 0 Å². The molecule has 0 aliphatic rings. The maximum atomic E-state index is 6.19. The molecule has 3 aromatic carbocycles. The maximum Gasteiger partial charge on any atom is 0.210 e. The Morgan fingerprint density at radius 1 is 0.964 bits per heavy atom. The van der Waals surface area contributed by atoms with Gasteiger partial charge in [-0.25, -0.2) is 0 Å². The molecule has 1 aromatic heterocycles. The molecule has 0 aliphatic heterocycles. The molecular formula is C22H18ClN3OS. The van der Waals surface area contributed by atoms with E-state index in [1.54, 1.807) is 0 Å². The van der Waals surface area contributed by atoms with Gasteiger partial charge in [0.2, 0.25) is 5.13 Å². The Bertz CT molecular complexity index is 1080. The van der Waals surface area contributed by atoms with E-state index >= 15 is 0 Å². The first-order chi connectivity index (χ1) is 13.7. The Hall–Kier alpha value is -2.89. The summed E-state index contributed by atoms with van der Waals surface area (Å²) in [7, 11) is 0. The number of hydrogen-bond acceptors (Lipinski definition) is 5. The smallest absolute Gasteiger partial charge is 0.210 e. The van der Waals surface area contributed by atoms with Crippen molar-refractivity contribution in [1.29, 1.82) is 0 Å². The molecule has 4 aromatic rings. The molecular weight excluding hydrogens is 390 g/mol. The molecule has 0 bridgehead atoms. The molecule has 0 spiro atoms. The van der Waals surface area contributed by atoms with E-state index in [-0.39, 0.29) is 0 Å². The van der Waals surface area contributed by atoms with Crippen LogP contribution in [0.15, 0.2) is 72.8 Å². The van der Waals surface area contributed by atoms with Gasteiger partial charge in [-0.3, -0.25) is 0 Å². The highest BCUT2D eigenvalue weighted by molar-refractivity contribution is 7.18. The van der Waals surface area contributed by atoms with E-state index in [0.29, 0.717) is 11.7 Å². The molecule has 0 amide bonds. The molecule has 6 heteroatoms. The van der Waals surface area contributed by atoms with E-state index < -0.39 is 0 Å². The lowest BCUT2D eigenvalue weighted by Gasteiger charge is -2.07. The van der Waals surface area contributed by atoms with E-state index in [0.717, 1.165) is 38.2 Å². The van der Waals surface area contributed by atoms with Crippen molar-refractivity contribution in [2.75, 3.05) is 5.32 Å². The number of hydrogen-bond donors (Lipinski definition) is 1. The third-order valence-corrected chi connectivity index (χ3v) is 5.47. The molecule has 0 saturated carbocycles. The number of nitrogens with one attached hydrogen (secondary N) is 1. The minimum absolute atomic E-state index is 0.529. The van der Waals surface area contributed by atoms with Crippen LogP contribution in [0.25, 0.3) is 10.6 Å². The Labute approximate surface area is 172 Å². The van der Waals surface area contributed by atoms with Crippen molar-refractivity contribution < 1.29 is 4.74 Å². The number of ether oxygens (including phenoxy) is 1. The summed E-state index contributed by atoms with van der Waals surface area (Å²) in [4.78, 5) is 0. The summed E-state index contributed by atoms with van der Waals surface area (Å²) in [5, 5.41) is 14.0. The second kappa shape index (κ2) is 8.42. The van der Waals surface area contributed by atoms with Crippen LogP contribution in [0, 0.1) is 6.92 Å². The van der Waals surface area contributed by atoms with Gasteiger partial charge in [0.1, 0.15) is 17.4 Å². The molecule has 0 radical (unpaired) electrons. The van der Waals surface area contributed by atoms with E-state index in [2.05, 4.69) is 15.5 Å². The SMILES string of the molecule is Cc1ccc(Nc2nnc(-c3cccc(OCc4ccccc4)c3)s2)cc1Cl. The fraction of sp³-hybridized carbons (Fsp3) is 0.0909. The quantitative estimate of drug-likeness (QED) is 0.396. The highest BCUT2D eigenvalue weighted by Crippen LogP contribution is 2.31. The highest BCUT2D eigenvalue weighted by Gasteiger charge is 2.09. The normalized spacial score (nSPS) is 10.6. The van der Waals surface area contributed by atoms with Gasteiger partial charge in [0, 0.05) is 16.3 Å². The van der Waals surface area contributed by atoms with Crippen LogP contribution in [0.4, 0.5) is 10.8 Å². The third-order valence-electron chi connectivity index (χ3n) is 4.18. The maximum absolute atomic E-state index is 6.19. The first-order valence-corrected chi connectivity index (χ1v) is 10.0. The second-order valence-electron chi connectivity index (χ2n) is 6.30. The zero-order chi connectivity index (χ0) is 19.3. The van der Waals surface area contributed by atoms with Crippen LogP contribution in [0.1, 0.15) is 11.1 Å². The first kappa shape index (κ1) is 18.5. The summed E-state index contributed by atoms with van der Waals surface area (Å²) < 4.78 is 5.91. The monoisotopic (exact) mass is 407 g/mol. The summed E-state index contributed by atoms with van der Waals surface area (Å²) in [6.07, 6.45) is 0. The van der Waals surface area contributed by atoms with Crippen molar-refractivity contribution in [3.05, 3.63) is 88.9 Å². The summed E-state index contributed by atoms with van der Waals surface area (Å²) in [5.74, 6) is 0.802. The van der Waals surface area contributed by atoms with Gasteiger partial charge >= 0.3 is 0 Å². The van der Waals surface area contributed by atoms with Gasteiger partial charge in [-0.15, -0.1) is 10.2 Å². The molecule has 4 nitrogen and oxygen atoms in total. The Balaban J connectivity index is 1.46. The first-order valence-electron chi connectivity index (χ1n) is 8.81. The predicted octanol–water partition coefficient (Wildman–Crippen LogP) is 6.49. The molecule has 0 atom stereocenters. The van der Waals surface area contributed by atoms with Crippen LogP contribution in [0.3, 0.4) is 0 Å². The van der Waals surface area contributed by atoms with Crippen molar-refractivity contribution in [1.82, 2.24) is 10.2 Å². The minimum atomic E-state index is 0.529. The molecule has 140 valence electrons. The van der Waals surface area contributed by atoms with Crippen molar-refractivity contribution >= 4 is 33.8 Å². The molecule has 0 aliphatic carbocycles. The van der Waals surface area contributed by atoms with E-state index in [1.165, 1.54) is 11.3 Å². The average Bonchev–Trinajstić information content (AvgIpc) is 3.19. The lowest BCUT2D eigenvalue weighted by Crippen LogP contribution is -1.94. The minimum Gasteiger partial charge on any atom is -0.489 e. The van der Waals surface area contributed by atoms with Crippen molar-refractivity contribution in [3.8, 4) is 16.3 Å². The molecule has 4 rings (SSSR count). The number of halogens is 1. The highest BCUT2D eigenvalue weighted by atomic mass is 35.5. The molecule has 0 unspecified atom stereocenters. The van der Waals surface area contributed by atoms with Gasteiger partial charge in [0.25, 0.3) is 0 Å². The number of rotatable bonds is 6. The summed E-state index contributed by atoms with van der Waals surface area (Å²) in [5.41, 5.74) is 4.03. The molecule has 1 heterocycles. The van der Waals surface area contributed by atoms with Gasteiger partial charge < -0.3 is 10.1 Å². The van der Waals surface area contributed by atoms with Crippen LogP contribution in [0.2, 0.25) is 5.02 Å². The van der Waals surface area contributed by atoms with E-state index in [4.69, 9.17) is 16.3 Å². The molecule has 1 N–H and O–H groups in total. The number of aryl methyl sites for hydroxylation is 1. The lowest BCUT2D eigenvalue weighted by atomic mass is 10.2. The van der Waals surface area contributed by atoms with Gasteiger partial charge in [-0.2, -0.15) is 0 Å². The molecule has 28 heavy (non-hydrogen) atoms. The van der Waals surface area contributed by atoms with E-state index in [9.17, 15) is 0 Å². The van der Waals surface area contributed by atoms with Gasteiger partial charge in [0.05, 0.1) is 0 Å². The summed E-state index contributed by atoms with van der Waals surface area (Å²) in [6.45, 7) is 2.50. The van der Waals surface area contributed by atoms with Gasteiger partial charge in [-0.1, -0.05) is 71.5 Å². The fourth-order valence-corrected chi connectivity index (χ4v) is 3.58. The Morgan fingerprint density at radius 3 is 2.64 bits per heavy atom. The zero-order valence-corrected chi connectivity index (χ0v) is 16.8. The predicted molar refractivity (Wildman–Crippen MR) is 116 cm³/mol. The van der Waals surface area contributed by atoms with Crippen LogP contribution in [-0.4, -0.2) is 10.2 Å². The van der Waals surface area contributed by atoms with Crippen molar-refractivity contribution in [2.45, 2.75) is 13.5 Å². The topological polar surface area (TPSA) is 47.0 Å². The van der Waals surface area contributed by atoms with Crippen molar-refractivity contribution in [3.63, 3.8) is 0 Å². The van der Waals surface area contributed by atoms with Crippen LogP contribution in [-0.2, 0) is 6.61 Å². The summed E-state index contributed by atoms with van der Waals surface area (Å²) in [6, 6.07) is 23.8. The van der Waals surface area contributed by atoms with Gasteiger partial charge in [-0.05, 0) is 42.3 Å². The zero-order valence-electron chi connectivity index (χ0n) is 15.2. The number of anilines is 2. The standard InChI is InChI=1S/C22H18ClN3OS/c1-15-10-11-18(13-20(15)23)24-22-26-25-21(28-22)17-8-5-9-19(12-17)27-14-16-6-3-2-4-7-16/h2-13H,14H2,1H3,(H,24,26).